The van der Waals surface area contributed by atoms with Crippen molar-refractivity contribution in [3.05, 3.63) is 39.4 Å². The number of imide groups is 1. The third-order valence-electron chi connectivity index (χ3n) is 3.79. The lowest BCUT2D eigenvalue weighted by molar-refractivity contribution is -0.131. The number of hydrogen-bond acceptors (Lipinski definition) is 5. The van der Waals surface area contributed by atoms with Gasteiger partial charge in [0.1, 0.15) is 5.76 Å². The first-order valence-electron chi connectivity index (χ1n) is 6.53. The van der Waals surface area contributed by atoms with E-state index < -0.39 is 11.6 Å². The lowest BCUT2D eigenvalue weighted by Crippen LogP contribution is -2.40. The number of urea groups is 1. The number of aromatic nitrogens is 1. The molecule has 1 aliphatic heterocycles. The fraction of sp³-hybridized carbons (Fsp3) is 0.357. The van der Waals surface area contributed by atoms with Crippen molar-refractivity contribution in [1.29, 1.82) is 0 Å². The van der Waals surface area contributed by atoms with Crippen LogP contribution in [0.25, 0.3) is 0 Å². The summed E-state index contributed by atoms with van der Waals surface area (Å²) in [5.41, 5.74) is 0.469. The maximum absolute atomic E-state index is 12.7. The number of nitrogens with one attached hydrogen (secondary N) is 1. The maximum Gasteiger partial charge on any atom is 0.325 e. The Morgan fingerprint density at radius 2 is 2.19 bits per heavy atom. The van der Waals surface area contributed by atoms with Crippen LogP contribution in [0.2, 0.25) is 0 Å². The van der Waals surface area contributed by atoms with E-state index in [2.05, 4.69) is 10.5 Å². The Hall–Kier alpha value is -2.15. The van der Waals surface area contributed by atoms with Gasteiger partial charge in [0, 0.05) is 10.4 Å². The zero-order chi connectivity index (χ0) is 15.2. The molecule has 1 fully saturated rings. The van der Waals surface area contributed by atoms with Crippen LogP contribution in [0.1, 0.15) is 28.8 Å². The highest BCUT2D eigenvalue weighted by Crippen LogP contribution is 2.33. The van der Waals surface area contributed by atoms with E-state index in [9.17, 15) is 9.59 Å². The molecule has 0 bridgehead atoms. The Balaban J connectivity index is 1.92. The van der Waals surface area contributed by atoms with Crippen LogP contribution < -0.4 is 5.32 Å². The van der Waals surface area contributed by atoms with Gasteiger partial charge in [-0.25, -0.2) is 4.79 Å². The Kier molecular flexibility index (Phi) is 3.09. The van der Waals surface area contributed by atoms with Crippen molar-refractivity contribution >= 4 is 23.3 Å². The number of amides is 3. The molecule has 1 saturated heterocycles. The lowest BCUT2D eigenvalue weighted by Gasteiger charge is -2.20. The summed E-state index contributed by atoms with van der Waals surface area (Å²) in [6, 6.07) is 3.32. The molecule has 7 heteroatoms. The Morgan fingerprint density at radius 1 is 1.43 bits per heavy atom. The highest BCUT2D eigenvalue weighted by atomic mass is 32.1. The molecule has 21 heavy (non-hydrogen) atoms. The normalized spacial score (nSPS) is 22.0. The van der Waals surface area contributed by atoms with Crippen LogP contribution in [0, 0.1) is 13.8 Å². The predicted molar refractivity (Wildman–Crippen MR) is 76.7 cm³/mol. The fourth-order valence-corrected chi connectivity index (χ4v) is 3.29. The quantitative estimate of drug-likeness (QED) is 0.883. The molecule has 0 radical (unpaired) electrons. The molecule has 0 saturated carbocycles. The van der Waals surface area contributed by atoms with Gasteiger partial charge in [0.2, 0.25) is 0 Å². The summed E-state index contributed by atoms with van der Waals surface area (Å²) in [5.74, 6) is 0.368. The molecule has 0 aliphatic carbocycles. The summed E-state index contributed by atoms with van der Waals surface area (Å²) in [6.07, 6.45) is 0. The zero-order valence-electron chi connectivity index (χ0n) is 12.0. The number of rotatable bonds is 3. The van der Waals surface area contributed by atoms with E-state index in [0.29, 0.717) is 11.5 Å². The average molecular weight is 305 g/mol. The van der Waals surface area contributed by atoms with Crippen LogP contribution in [-0.2, 0) is 16.9 Å². The first kappa shape index (κ1) is 13.8. The second kappa shape index (κ2) is 4.70. The van der Waals surface area contributed by atoms with Crippen molar-refractivity contribution in [3.8, 4) is 0 Å². The van der Waals surface area contributed by atoms with Gasteiger partial charge >= 0.3 is 6.03 Å². The SMILES string of the molecule is Cc1noc(C)c1CN1C(=O)N[C@@](C)(c2cccs2)C1=O. The molecule has 2 aromatic rings. The fourth-order valence-electron chi connectivity index (χ4n) is 2.46. The molecule has 0 spiro atoms. The summed E-state index contributed by atoms with van der Waals surface area (Å²) in [6.45, 7) is 5.47. The number of thiophene rings is 1. The third-order valence-corrected chi connectivity index (χ3v) is 4.88. The Labute approximate surface area is 125 Å². The third kappa shape index (κ3) is 2.04. The van der Waals surface area contributed by atoms with Gasteiger partial charge in [0.15, 0.2) is 5.54 Å². The van der Waals surface area contributed by atoms with Crippen molar-refractivity contribution in [3.63, 3.8) is 0 Å². The van der Waals surface area contributed by atoms with Gasteiger partial charge < -0.3 is 9.84 Å². The standard InChI is InChI=1S/C14H15N3O3S/c1-8-10(9(2)20-16-8)7-17-12(18)14(3,15-13(17)19)11-5-4-6-21-11/h4-6H,7H2,1-3H3,(H,15,19)/t14-/m0/s1. The van der Waals surface area contributed by atoms with E-state index in [1.165, 1.54) is 16.2 Å². The minimum atomic E-state index is -0.996. The Bertz CT molecular complexity index is 688. The molecule has 3 amide bonds. The largest absolute Gasteiger partial charge is 0.361 e. The smallest absolute Gasteiger partial charge is 0.325 e. The Morgan fingerprint density at radius 3 is 2.76 bits per heavy atom. The summed E-state index contributed by atoms with van der Waals surface area (Å²) in [5, 5.41) is 8.52. The van der Waals surface area contributed by atoms with Crippen molar-refractivity contribution in [1.82, 2.24) is 15.4 Å². The van der Waals surface area contributed by atoms with Crippen molar-refractivity contribution in [2.45, 2.75) is 32.9 Å². The van der Waals surface area contributed by atoms with Crippen LogP contribution >= 0.6 is 11.3 Å². The summed E-state index contributed by atoms with van der Waals surface area (Å²) >= 11 is 1.45. The molecule has 1 aliphatic rings. The van der Waals surface area contributed by atoms with Crippen LogP contribution in [0.4, 0.5) is 4.79 Å². The predicted octanol–water partition coefficient (Wildman–Crippen LogP) is 2.32. The summed E-state index contributed by atoms with van der Waals surface area (Å²) < 4.78 is 5.08. The number of aryl methyl sites for hydroxylation is 2. The number of carbonyl (C=O) groups is 2. The van der Waals surface area contributed by atoms with Crippen LogP contribution in [-0.4, -0.2) is 22.0 Å². The van der Waals surface area contributed by atoms with E-state index >= 15 is 0 Å². The molecule has 6 nitrogen and oxygen atoms in total. The molecule has 0 unspecified atom stereocenters. The van der Waals surface area contributed by atoms with Crippen molar-refractivity contribution < 1.29 is 14.1 Å². The van der Waals surface area contributed by atoms with Gasteiger partial charge in [-0.15, -0.1) is 11.3 Å². The highest BCUT2D eigenvalue weighted by Gasteiger charge is 2.49. The van der Waals surface area contributed by atoms with Crippen LogP contribution in [0.3, 0.4) is 0 Å². The van der Waals surface area contributed by atoms with E-state index in [1.54, 1.807) is 20.8 Å². The second-order valence-corrected chi connectivity index (χ2v) is 6.17. The molecular formula is C14H15N3O3S. The van der Waals surface area contributed by atoms with Crippen LogP contribution in [0.5, 0.6) is 0 Å². The van der Waals surface area contributed by atoms with Crippen molar-refractivity contribution in [2.75, 3.05) is 0 Å². The average Bonchev–Trinajstić information content (AvgIpc) is 3.11. The monoisotopic (exact) mass is 305 g/mol. The maximum atomic E-state index is 12.7. The molecule has 1 N–H and O–H groups in total. The molecule has 0 aromatic carbocycles. The summed E-state index contributed by atoms with van der Waals surface area (Å²) in [7, 11) is 0. The van der Waals surface area contributed by atoms with Crippen molar-refractivity contribution in [2.24, 2.45) is 0 Å². The van der Waals surface area contributed by atoms with E-state index in [4.69, 9.17) is 4.52 Å². The number of nitrogens with zero attached hydrogens (tertiary/aromatic N) is 2. The first-order valence-corrected chi connectivity index (χ1v) is 7.41. The van der Waals surface area contributed by atoms with E-state index in [0.717, 1.165) is 10.4 Å². The van der Waals surface area contributed by atoms with E-state index in [-0.39, 0.29) is 12.5 Å². The minimum absolute atomic E-state index is 0.173. The molecular weight excluding hydrogens is 290 g/mol. The molecule has 3 rings (SSSR count). The van der Waals surface area contributed by atoms with Crippen LogP contribution in [0.15, 0.2) is 22.0 Å². The van der Waals surface area contributed by atoms with E-state index in [1.807, 2.05) is 17.5 Å². The topological polar surface area (TPSA) is 75.4 Å². The molecule has 1 atom stereocenters. The summed E-state index contributed by atoms with van der Waals surface area (Å²) in [4.78, 5) is 26.9. The highest BCUT2D eigenvalue weighted by molar-refractivity contribution is 7.10. The molecule has 110 valence electrons. The molecule has 2 aromatic heterocycles. The lowest BCUT2D eigenvalue weighted by atomic mass is 10.0. The second-order valence-electron chi connectivity index (χ2n) is 5.23. The van der Waals surface area contributed by atoms with Gasteiger partial charge in [-0.05, 0) is 32.2 Å². The number of hydrogen-bond donors (Lipinski definition) is 1. The van der Waals surface area contributed by atoms with Gasteiger partial charge in [0.05, 0.1) is 12.2 Å². The van der Waals surface area contributed by atoms with Gasteiger partial charge in [-0.3, -0.25) is 9.69 Å². The van der Waals surface area contributed by atoms with Gasteiger partial charge in [0.25, 0.3) is 5.91 Å². The minimum Gasteiger partial charge on any atom is -0.361 e. The van der Waals surface area contributed by atoms with Gasteiger partial charge in [-0.2, -0.15) is 0 Å². The first-order chi connectivity index (χ1) is 9.93. The number of carbonyl (C=O) groups excluding carboxylic acids is 2. The van der Waals surface area contributed by atoms with Gasteiger partial charge in [-0.1, -0.05) is 11.2 Å². The molecule has 3 heterocycles. The zero-order valence-corrected chi connectivity index (χ0v) is 12.8.